The molecule has 0 saturated carbocycles. The molecule has 2 rings (SSSR count). The highest BCUT2D eigenvalue weighted by Gasteiger charge is 2.17. The van der Waals surface area contributed by atoms with Crippen molar-refractivity contribution >= 4 is 11.8 Å². The predicted molar refractivity (Wildman–Crippen MR) is 92.8 cm³/mol. The van der Waals surface area contributed by atoms with Crippen molar-refractivity contribution in [1.29, 1.82) is 0 Å². The summed E-state index contributed by atoms with van der Waals surface area (Å²) in [6.45, 7) is 7.41. The fraction of sp³-hybridized carbons (Fsp3) is 0.263. The molecule has 0 aliphatic heterocycles. The van der Waals surface area contributed by atoms with Crippen molar-refractivity contribution in [2.45, 2.75) is 33.8 Å². The second-order valence-electron chi connectivity index (χ2n) is 5.84. The van der Waals surface area contributed by atoms with Crippen molar-refractivity contribution in [1.82, 2.24) is 10.9 Å². The first-order valence-electron chi connectivity index (χ1n) is 7.77. The fourth-order valence-corrected chi connectivity index (χ4v) is 2.16. The third-order valence-corrected chi connectivity index (χ3v) is 3.60. The van der Waals surface area contributed by atoms with Crippen LogP contribution in [0.2, 0.25) is 0 Å². The van der Waals surface area contributed by atoms with Crippen LogP contribution in [-0.4, -0.2) is 17.9 Å². The quantitative estimate of drug-likeness (QED) is 0.849. The summed E-state index contributed by atoms with van der Waals surface area (Å²) in [5.74, 6) is -0.134. The van der Waals surface area contributed by atoms with Crippen LogP contribution in [0.4, 0.5) is 0 Å². The second kappa shape index (κ2) is 7.64. The van der Waals surface area contributed by atoms with Gasteiger partial charge in [-0.05, 0) is 57.0 Å². The van der Waals surface area contributed by atoms with Crippen LogP contribution in [-0.2, 0) is 4.79 Å². The molecule has 5 heteroatoms. The number of nitrogens with one attached hydrogen (secondary N) is 2. The summed E-state index contributed by atoms with van der Waals surface area (Å²) in [6.07, 6.45) is -0.733. The minimum absolute atomic E-state index is 0.369. The van der Waals surface area contributed by atoms with Gasteiger partial charge in [0, 0.05) is 5.56 Å². The average molecular weight is 326 g/mol. The van der Waals surface area contributed by atoms with Crippen molar-refractivity contribution in [2.75, 3.05) is 0 Å². The summed E-state index contributed by atoms with van der Waals surface area (Å²) >= 11 is 0. The van der Waals surface area contributed by atoms with Gasteiger partial charge in [-0.1, -0.05) is 29.8 Å². The molecule has 2 aromatic rings. The maximum Gasteiger partial charge on any atom is 0.279 e. The first-order chi connectivity index (χ1) is 11.4. The van der Waals surface area contributed by atoms with E-state index in [-0.39, 0.29) is 5.91 Å². The molecule has 0 bridgehead atoms. The fourth-order valence-electron chi connectivity index (χ4n) is 2.16. The van der Waals surface area contributed by atoms with E-state index in [9.17, 15) is 9.59 Å². The lowest BCUT2D eigenvalue weighted by Gasteiger charge is -2.17. The van der Waals surface area contributed by atoms with Gasteiger partial charge < -0.3 is 4.74 Å². The van der Waals surface area contributed by atoms with Gasteiger partial charge in [0.25, 0.3) is 11.8 Å². The average Bonchev–Trinajstić information content (AvgIpc) is 2.55. The van der Waals surface area contributed by atoms with Crippen LogP contribution in [0.1, 0.15) is 34.0 Å². The van der Waals surface area contributed by atoms with E-state index in [0.717, 1.165) is 16.7 Å². The molecule has 2 N–H and O–H groups in total. The van der Waals surface area contributed by atoms with Gasteiger partial charge in [-0.15, -0.1) is 0 Å². The van der Waals surface area contributed by atoms with E-state index >= 15 is 0 Å². The van der Waals surface area contributed by atoms with Crippen molar-refractivity contribution < 1.29 is 14.3 Å². The standard InChI is InChI=1S/C19H22N2O3/c1-12-6-5-7-16(10-12)19(23)21-20-18(22)15(4)24-17-11-13(2)8-9-14(17)3/h5-11,15H,1-4H3,(H,20,22)(H,21,23). The lowest BCUT2D eigenvalue weighted by Crippen LogP contribution is -2.47. The van der Waals surface area contributed by atoms with Crippen LogP contribution in [0, 0.1) is 20.8 Å². The summed E-state index contributed by atoms with van der Waals surface area (Å²) in [4.78, 5) is 24.1. The number of hydrogen-bond donors (Lipinski definition) is 2. The minimum Gasteiger partial charge on any atom is -0.481 e. The Hall–Kier alpha value is -2.82. The highest BCUT2D eigenvalue weighted by molar-refractivity contribution is 5.95. The van der Waals surface area contributed by atoms with Crippen LogP contribution in [0.15, 0.2) is 42.5 Å². The summed E-state index contributed by atoms with van der Waals surface area (Å²) in [7, 11) is 0. The molecule has 0 aliphatic carbocycles. The molecule has 0 fully saturated rings. The van der Waals surface area contributed by atoms with Crippen molar-refractivity contribution in [2.24, 2.45) is 0 Å². The van der Waals surface area contributed by atoms with Gasteiger partial charge >= 0.3 is 0 Å². The van der Waals surface area contributed by atoms with E-state index < -0.39 is 12.0 Å². The molecule has 1 unspecified atom stereocenters. The zero-order chi connectivity index (χ0) is 17.7. The Bertz CT molecular complexity index is 756. The zero-order valence-corrected chi connectivity index (χ0v) is 14.3. The first-order valence-corrected chi connectivity index (χ1v) is 7.77. The number of hydrogen-bond acceptors (Lipinski definition) is 3. The summed E-state index contributed by atoms with van der Waals surface area (Å²) in [6, 6.07) is 12.9. The van der Waals surface area contributed by atoms with Gasteiger partial charge in [0.1, 0.15) is 5.75 Å². The normalized spacial score (nSPS) is 11.5. The van der Waals surface area contributed by atoms with Crippen LogP contribution < -0.4 is 15.6 Å². The van der Waals surface area contributed by atoms with E-state index in [1.54, 1.807) is 25.1 Å². The van der Waals surface area contributed by atoms with Gasteiger partial charge in [-0.2, -0.15) is 0 Å². The molecule has 1 atom stereocenters. The summed E-state index contributed by atoms with van der Waals surface area (Å²) in [5, 5.41) is 0. The lowest BCUT2D eigenvalue weighted by atomic mass is 10.1. The maximum absolute atomic E-state index is 12.1. The van der Waals surface area contributed by atoms with Gasteiger partial charge in [0.05, 0.1) is 0 Å². The molecule has 2 amide bonds. The van der Waals surface area contributed by atoms with E-state index in [4.69, 9.17) is 4.74 Å². The maximum atomic E-state index is 12.1. The molecule has 126 valence electrons. The Kier molecular flexibility index (Phi) is 5.58. The number of hydrazine groups is 1. The highest BCUT2D eigenvalue weighted by atomic mass is 16.5. The molecule has 0 heterocycles. The Morgan fingerprint density at radius 1 is 0.958 bits per heavy atom. The van der Waals surface area contributed by atoms with Gasteiger partial charge in [-0.3, -0.25) is 20.4 Å². The van der Waals surface area contributed by atoms with Crippen molar-refractivity contribution in [3.05, 3.63) is 64.7 Å². The molecule has 0 aromatic heterocycles. The number of ether oxygens (including phenoxy) is 1. The van der Waals surface area contributed by atoms with Gasteiger partial charge in [0.2, 0.25) is 0 Å². The molecule has 0 aliphatic rings. The number of amides is 2. The Morgan fingerprint density at radius 2 is 1.67 bits per heavy atom. The van der Waals surface area contributed by atoms with Gasteiger partial charge in [0.15, 0.2) is 6.10 Å². The van der Waals surface area contributed by atoms with Crippen molar-refractivity contribution in [3.63, 3.8) is 0 Å². The van der Waals surface area contributed by atoms with Crippen LogP contribution >= 0.6 is 0 Å². The van der Waals surface area contributed by atoms with Crippen molar-refractivity contribution in [3.8, 4) is 5.75 Å². The lowest BCUT2D eigenvalue weighted by molar-refractivity contribution is -0.128. The number of rotatable bonds is 4. The molecular weight excluding hydrogens is 304 g/mol. The molecule has 5 nitrogen and oxygen atoms in total. The number of benzene rings is 2. The minimum atomic E-state index is -0.733. The largest absolute Gasteiger partial charge is 0.481 e. The Morgan fingerprint density at radius 3 is 2.38 bits per heavy atom. The second-order valence-corrected chi connectivity index (χ2v) is 5.84. The van der Waals surface area contributed by atoms with Gasteiger partial charge in [-0.25, -0.2) is 0 Å². The Labute approximate surface area is 142 Å². The number of carbonyl (C=O) groups is 2. The molecule has 0 radical (unpaired) electrons. The Balaban J connectivity index is 1.92. The van der Waals surface area contributed by atoms with E-state index in [1.807, 2.05) is 45.0 Å². The number of aryl methyl sites for hydroxylation is 3. The monoisotopic (exact) mass is 326 g/mol. The third kappa shape index (κ3) is 4.59. The molecule has 0 spiro atoms. The van der Waals surface area contributed by atoms with E-state index in [1.165, 1.54) is 0 Å². The van der Waals surface area contributed by atoms with E-state index in [0.29, 0.717) is 11.3 Å². The molecule has 0 saturated heterocycles. The van der Waals surface area contributed by atoms with E-state index in [2.05, 4.69) is 10.9 Å². The number of carbonyl (C=O) groups excluding carboxylic acids is 2. The third-order valence-electron chi connectivity index (χ3n) is 3.60. The SMILES string of the molecule is Cc1cccc(C(=O)NNC(=O)C(C)Oc2cc(C)ccc2C)c1. The highest BCUT2D eigenvalue weighted by Crippen LogP contribution is 2.20. The predicted octanol–water partition coefficient (Wildman–Crippen LogP) is 2.84. The van der Waals surface area contributed by atoms with Crippen LogP contribution in [0.5, 0.6) is 5.75 Å². The summed E-state index contributed by atoms with van der Waals surface area (Å²) in [5.41, 5.74) is 8.25. The molecule has 24 heavy (non-hydrogen) atoms. The topological polar surface area (TPSA) is 67.4 Å². The molecular formula is C19H22N2O3. The smallest absolute Gasteiger partial charge is 0.279 e. The molecule has 2 aromatic carbocycles. The zero-order valence-electron chi connectivity index (χ0n) is 14.3. The first kappa shape index (κ1) is 17.5. The van der Waals surface area contributed by atoms with Crippen LogP contribution in [0.3, 0.4) is 0 Å². The van der Waals surface area contributed by atoms with Crippen LogP contribution in [0.25, 0.3) is 0 Å². The summed E-state index contributed by atoms with van der Waals surface area (Å²) < 4.78 is 5.68.